The molecule has 0 radical (unpaired) electrons. The molecule has 3 rings (SSSR count). The van der Waals surface area contributed by atoms with Gasteiger partial charge in [-0.15, -0.1) is 0 Å². The van der Waals surface area contributed by atoms with Crippen molar-refractivity contribution in [1.29, 1.82) is 0 Å². The summed E-state index contributed by atoms with van der Waals surface area (Å²) in [7, 11) is -2.19. The number of nitrogens with zero attached hydrogens (tertiary/aromatic N) is 3. The van der Waals surface area contributed by atoms with E-state index in [1.807, 2.05) is 61.5 Å². The molecule has 1 aliphatic heterocycles. The van der Waals surface area contributed by atoms with Crippen molar-refractivity contribution in [2.75, 3.05) is 20.1 Å². The van der Waals surface area contributed by atoms with E-state index in [-0.39, 0.29) is 11.9 Å². The lowest BCUT2D eigenvalue weighted by atomic mass is 9.91. The summed E-state index contributed by atoms with van der Waals surface area (Å²) in [5, 5.41) is 6.94. The molecule has 7 nitrogen and oxygen atoms in total. The second-order valence-electron chi connectivity index (χ2n) is 6.58. The quantitative estimate of drug-likeness (QED) is 0.542. The maximum Gasteiger partial charge on any atom is 0.301 e. The Kier molecular flexibility index (Phi) is 6.89. The molecule has 0 saturated carbocycles. The fourth-order valence-electron chi connectivity index (χ4n) is 3.07. The molecule has 0 aromatic heterocycles. The summed E-state index contributed by atoms with van der Waals surface area (Å²) in [5.41, 5.74) is 2.84. The highest BCUT2D eigenvalue weighted by molar-refractivity contribution is 7.88. The Morgan fingerprint density at radius 3 is 2.52 bits per heavy atom. The van der Waals surface area contributed by atoms with Crippen LogP contribution in [0.25, 0.3) is 0 Å². The van der Waals surface area contributed by atoms with Crippen molar-refractivity contribution in [3.8, 4) is 0 Å². The van der Waals surface area contributed by atoms with Crippen LogP contribution in [0.5, 0.6) is 0 Å². The van der Waals surface area contributed by atoms with Gasteiger partial charge >= 0.3 is 10.2 Å². The van der Waals surface area contributed by atoms with Gasteiger partial charge in [-0.05, 0) is 29.7 Å². The zero-order chi connectivity index (χ0) is 20.9. The standard InChI is InChI=1S/C20H24ClN5O2S/c1-3-13-23-29(27,28)25-20(22-2)26-14-18(15-7-5-4-6-8-15)19(24-26)16-9-11-17(21)12-10-16/h4-12,18,23H,3,13-14H2,1-2H3,(H,22,25). The molecule has 0 spiro atoms. The van der Waals surface area contributed by atoms with Crippen molar-refractivity contribution in [2.24, 2.45) is 10.1 Å². The molecule has 29 heavy (non-hydrogen) atoms. The van der Waals surface area contributed by atoms with Crippen molar-refractivity contribution in [3.63, 3.8) is 0 Å². The SMILES string of the molecule is CCCNS(=O)(=O)NC(=NC)N1CC(c2ccccc2)C(c2ccc(Cl)cc2)=N1. The molecule has 1 atom stereocenters. The Balaban J connectivity index is 1.92. The smallest absolute Gasteiger partial charge is 0.254 e. The van der Waals surface area contributed by atoms with E-state index in [9.17, 15) is 8.42 Å². The third kappa shape index (κ3) is 5.35. The lowest BCUT2D eigenvalue weighted by Gasteiger charge is -2.19. The minimum atomic E-state index is -3.72. The van der Waals surface area contributed by atoms with Gasteiger partial charge in [0.2, 0.25) is 5.96 Å². The van der Waals surface area contributed by atoms with Crippen LogP contribution in [0.2, 0.25) is 5.02 Å². The van der Waals surface area contributed by atoms with Gasteiger partial charge in [-0.3, -0.25) is 4.99 Å². The lowest BCUT2D eigenvalue weighted by molar-refractivity contribution is 0.461. The number of hydrazone groups is 1. The van der Waals surface area contributed by atoms with Crippen LogP contribution in [-0.2, 0) is 10.2 Å². The van der Waals surface area contributed by atoms with Crippen molar-refractivity contribution < 1.29 is 8.42 Å². The van der Waals surface area contributed by atoms with Crippen LogP contribution >= 0.6 is 11.6 Å². The summed E-state index contributed by atoms with van der Waals surface area (Å²) < 4.78 is 29.5. The molecule has 2 aromatic carbocycles. The number of hydrogen-bond donors (Lipinski definition) is 2. The number of benzene rings is 2. The van der Waals surface area contributed by atoms with Gasteiger partial charge in [-0.2, -0.15) is 18.2 Å². The molecule has 9 heteroatoms. The molecule has 1 aliphatic rings. The van der Waals surface area contributed by atoms with Gasteiger partial charge in [0.05, 0.1) is 12.3 Å². The Morgan fingerprint density at radius 2 is 1.90 bits per heavy atom. The summed E-state index contributed by atoms with van der Waals surface area (Å²) in [6.45, 7) is 2.70. The Bertz CT molecular complexity index is 991. The van der Waals surface area contributed by atoms with Gasteiger partial charge in [-0.25, -0.2) is 9.73 Å². The van der Waals surface area contributed by atoms with Crippen LogP contribution in [0.15, 0.2) is 64.7 Å². The first-order valence-electron chi connectivity index (χ1n) is 9.34. The molecule has 2 N–H and O–H groups in total. The van der Waals surface area contributed by atoms with Gasteiger partial charge in [-0.1, -0.05) is 61.0 Å². The van der Waals surface area contributed by atoms with Crippen LogP contribution in [0.3, 0.4) is 0 Å². The summed E-state index contributed by atoms with van der Waals surface area (Å²) in [6, 6.07) is 17.4. The summed E-state index contributed by atoms with van der Waals surface area (Å²) in [5.74, 6) is 0.126. The van der Waals surface area contributed by atoms with E-state index in [1.54, 1.807) is 5.01 Å². The van der Waals surface area contributed by atoms with E-state index in [0.717, 1.165) is 16.8 Å². The highest BCUT2D eigenvalue weighted by Gasteiger charge is 2.32. The first-order chi connectivity index (χ1) is 13.9. The van der Waals surface area contributed by atoms with Crippen molar-refractivity contribution in [3.05, 3.63) is 70.7 Å². The summed E-state index contributed by atoms with van der Waals surface area (Å²) in [6.07, 6.45) is 0.693. The lowest BCUT2D eigenvalue weighted by Crippen LogP contribution is -2.46. The zero-order valence-electron chi connectivity index (χ0n) is 16.3. The number of guanidine groups is 1. The molecule has 1 unspecified atom stereocenters. The third-order valence-corrected chi connectivity index (χ3v) is 5.77. The number of nitrogens with one attached hydrogen (secondary N) is 2. The van der Waals surface area contributed by atoms with Crippen LogP contribution in [0.1, 0.15) is 30.4 Å². The van der Waals surface area contributed by atoms with Gasteiger partial charge < -0.3 is 0 Å². The Hall–Kier alpha value is -2.42. The average Bonchev–Trinajstić information content (AvgIpc) is 3.17. The summed E-state index contributed by atoms with van der Waals surface area (Å²) >= 11 is 6.03. The molecule has 0 saturated heterocycles. The van der Waals surface area contributed by atoms with E-state index in [4.69, 9.17) is 16.7 Å². The van der Waals surface area contributed by atoms with E-state index in [2.05, 4.69) is 14.4 Å². The molecular weight excluding hydrogens is 410 g/mol. The van der Waals surface area contributed by atoms with Gasteiger partial charge in [0, 0.05) is 24.5 Å². The van der Waals surface area contributed by atoms with E-state index in [0.29, 0.717) is 24.5 Å². The van der Waals surface area contributed by atoms with Crippen LogP contribution in [0.4, 0.5) is 0 Å². The minimum absolute atomic E-state index is 0.0396. The Labute approximate surface area is 176 Å². The Morgan fingerprint density at radius 1 is 1.21 bits per heavy atom. The maximum atomic E-state index is 12.3. The van der Waals surface area contributed by atoms with Crippen molar-refractivity contribution >= 4 is 33.5 Å². The predicted octanol–water partition coefficient (Wildman–Crippen LogP) is 2.96. The van der Waals surface area contributed by atoms with E-state index < -0.39 is 10.2 Å². The third-order valence-electron chi connectivity index (χ3n) is 4.48. The first-order valence-corrected chi connectivity index (χ1v) is 11.2. The molecule has 1 heterocycles. The number of hydrogen-bond acceptors (Lipinski definition) is 4. The average molecular weight is 434 g/mol. The normalized spacial score (nSPS) is 17.3. The van der Waals surface area contributed by atoms with Crippen LogP contribution in [0, 0.1) is 0 Å². The number of aliphatic imine (C=N–C) groups is 1. The second-order valence-corrected chi connectivity index (χ2v) is 8.52. The molecule has 0 amide bonds. The fraction of sp³-hybridized carbons (Fsp3) is 0.300. The molecule has 0 fully saturated rings. The topological polar surface area (TPSA) is 86.2 Å². The molecule has 154 valence electrons. The molecule has 2 aromatic rings. The van der Waals surface area contributed by atoms with Crippen LogP contribution in [-0.4, -0.2) is 45.2 Å². The van der Waals surface area contributed by atoms with Gasteiger partial charge in [0.15, 0.2) is 0 Å². The predicted molar refractivity (Wildman–Crippen MR) is 118 cm³/mol. The monoisotopic (exact) mass is 433 g/mol. The fourth-order valence-corrected chi connectivity index (χ4v) is 4.18. The number of halogens is 1. The zero-order valence-corrected chi connectivity index (χ0v) is 17.9. The molecule has 0 aliphatic carbocycles. The van der Waals surface area contributed by atoms with Crippen LogP contribution < -0.4 is 9.44 Å². The minimum Gasteiger partial charge on any atom is -0.254 e. The summed E-state index contributed by atoms with van der Waals surface area (Å²) in [4.78, 5) is 4.12. The maximum absolute atomic E-state index is 12.3. The van der Waals surface area contributed by atoms with E-state index in [1.165, 1.54) is 7.05 Å². The largest absolute Gasteiger partial charge is 0.301 e. The van der Waals surface area contributed by atoms with Crippen molar-refractivity contribution in [2.45, 2.75) is 19.3 Å². The highest BCUT2D eigenvalue weighted by atomic mass is 35.5. The molecular formula is C20H24ClN5O2S. The number of rotatable bonds is 6. The molecule has 0 bridgehead atoms. The van der Waals surface area contributed by atoms with E-state index >= 15 is 0 Å². The second kappa shape index (κ2) is 9.39. The first kappa shape index (κ1) is 21.3. The highest BCUT2D eigenvalue weighted by Crippen LogP contribution is 2.29. The van der Waals surface area contributed by atoms with Gasteiger partial charge in [0.25, 0.3) is 0 Å². The van der Waals surface area contributed by atoms with Crippen molar-refractivity contribution in [1.82, 2.24) is 14.5 Å². The van der Waals surface area contributed by atoms with Gasteiger partial charge in [0.1, 0.15) is 0 Å².